The first-order valence-electron chi connectivity index (χ1n) is 3.50. The largest absolute Gasteiger partial charge is 0.463 e. The molecule has 1 aromatic heterocycles. The molecule has 62 valence electrons. The van der Waals surface area contributed by atoms with Gasteiger partial charge in [0.25, 0.3) is 0 Å². The predicted octanol–water partition coefficient (Wildman–Crippen LogP) is 2.23. The van der Waals surface area contributed by atoms with Crippen molar-refractivity contribution in [2.75, 3.05) is 7.11 Å². The molecule has 0 amide bonds. The van der Waals surface area contributed by atoms with Crippen LogP contribution in [0.3, 0.4) is 0 Å². The van der Waals surface area contributed by atoms with Gasteiger partial charge < -0.3 is 4.42 Å². The Hall–Kier alpha value is -0.800. The quantitative estimate of drug-likeness (QED) is 0.496. The van der Waals surface area contributed by atoms with E-state index in [1.54, 1.807) is 0 Å². The van der Waals surface area contributed by atoms with E-state index in [9.17, 15) is 0 Å². The van der Waals surface area contributed by atoms with Crippen LogP contribution in [0.15, 0.2) is 16.5 Å². The fourth-order valence-electron chi connectivity index (χ4n) is 0.864. The molecule has 1 aromatic rings. The Morgan fingerprint density at radius 1 is 1.45 bits per heavy atom. The maximum absolute atomic E-state index is 5.29. The Bertz CT molecular complexity index is 217. The molecule has 0 aliphatic carbocycles. The van der Waals surface area contributed by atoms with Gasteiger partial charge in [0.2, 0.25) is 0 Å². The van der Waals surface area contributed by atoms with Crippen LogP contribution in [0, 0.1) is 6.92 Å². The first kappa shape index (κ1) is 8.30. The van der Waals surface area contributed by atoms with Crippen LogP contribution in [0.4, 0.5) is 0 Å². The first-order valence-corrected chi connectivity index (χ1v) is 3.50. The number of aryl methyl sites for hydroxylation is 1. The van der Waals surface area contributed by atoms with Gasteiger partial charge in [-0.25, -0.2) is 9.78 Å². The van der Waals surface area contributed by atoms with Crippen molar-refractivity contribution in [3.8, 4) is 0 Å². The van der Waals surface area contributed by atoms with Gasteiger partial charge in [0, 0.05) is 0 Å². The lowest BCUT2D eigenvalue weighted by Crippen LogP contribution is -1.96. The molecule has 0 aliphatic rings. The summed E-state index contributed by atoms with van der Waals surface area (Å²) in [5.41, 5.74) is 0. The van der Waals surface area contributed by atoms with Gasteiger partial charge in [0.05, 0.1) is 7.11 Å². The van der Waals surface area contributed by atoms with E-state index in [1.807, 2.05) is 26.0 Å². The van der Waals surface area contributed by atoms with E-state index in [0.29, 0.717) is 0 Å². The smallest absolute Gasteiger partial charge is 0.148 e. The van der Waals surface area contributed by atoms with Crippen LogP contribution in [0.5, 0.6) is 0 Å². The van der Waals surface area contributed by atoms with E-state index in [1.165, 1.54) is 7.11 Å². The highest BCUT2D eigenvalue weighted by atomic mass is 17.2. The molecule has 0 aromatic carbocycles. The minimum absolute atomic E-state index is 0.145. The lowest BCUT2D eigenvalue weighted by atomic mass is 10.3. The fraction of sp³-hybridized carbons (Fsp3) is 0.500. The molecule has 1 heterocycles. The molecule has 1 atom stereocenters. The SMILES string of the molecule is COOC(C)c1ccc(C)o1. The molecule has 11 heavy (non-hydrogen) atoms. The van der Waals surface area contributed by atoms with Gasteiger partial charge in [-0.1, -0.05) is 0 Å². The van der Waals surface area contributed by atoms with Gasteiger partial charge >= 0.3 is 0 Å². The van der Waals surface area contributed by atoms with E-state index < -0.39 is 0 Å². The molecule has 0 N–H and O–H groups in total. The molecule has 0 fully saturated rings. The number of hydrogen-bond donors (Lipinski definition) is 0. The highest BCUT2D eigenvalue weighted by molar-refractivity contribution is 5.07. The standard InChI is InChI=1S/C8H12O3/c1-6-4-5-8(10-6)7(2)11-9-3/h4-5,7H,1-3H3. The summed E-state index contributed by atoms with van der Waals surface area (Å²) in [4.78, 5) is 9.35. The Kier molecular flexibility index (Phi) is 2.68. The second-order valence-corrected chi connectivity index (χ2v) is 2.35. The number of rotatable bonds is 3. The summed E-state index contributed by atoms with van der Waals surface area (Å²) in [6.45, 7) is 3.75. The number of hydrogen-bond acceptors (Lipinski definition) is 3. The molecular formula is C8H12O3. The van der Waals surface area contributed by atoms with Crippen molar-refractivity contribution in [3.63, 3.8) is 0 Å². The van der Waals surface area contributed by atoms with E-state index >= 15 is 0 Å². The third-order valence-electron chi connectivity index (χ3n) is 1.40. The van der Waals surface area contributed by atoms with Crippen molar-refractivity contribution in [2.24, 2.45) is 0 Å². The lowest BCUT2D eigenvalue weighted by Gasteiger charge is -2.05. The zero-order valence-corrected chi connectivity index (χ0v) is 6.96. The number of furan rings is 1. The normalized spacial score (nSPS) is 13.4. The summed E-state index contributed by atoms with van der Waals surface area (Å²) in [6, 6.07) is 3.77. The van der Waals surface area contributed by atoms with Gasteiger partial charge in [0.1, 0.15) is 17.6 Å². The highest BCUT2D eigenvalue weighted by Gasteiger charge is 2.09. The second-order valence-electron chi connectivity index (χ2n) is 2.35. The summed E-state index contributed by atoms with van der Waals surface area (Å²) >= 11 is 0. The predicted molar refractivity (Wildman–Crippen MR) is 40.0 cm³/mol. The van der Waals surface area contributed by atoms with Gasteiger partial charge in [-0.3, -0.25) is 0 Å². The Labute approximate surface area is 65.8 Å². The summed E-state index contributed by atoms with van der Waals surface area (Å²) in [7, 11) is 1.48. The van der Waals surface area contributed by atoms with Crippen LogP contribution < -0.4 is 0 Å². The highest BCUT2D eigenvalue weighted by Crippen LogP contribution is 2.18. The third-order valence-corrected chi connectivity index (χ3v) is 1.40. The molecule has 3 nitrogen and oxygen atoms in total. The Morgan fingerprint density at radius 2 is 2.18 bits per heavy atom. The van der Waals surface area contributed by atoms with Crippen LogP contribution >= 0.6 is 0 Å². The van der Waals surface area contributed by atoms with Crippen LogP contribution in [-0.4, -0.2) is 7.11 Å². The van der Waals surface area contributed by atoms with E-state index in [0.717, 1.165) is 11.5 Å². The topological polar surface area (TPSA) is 31.6 Å². The summed E-state index contributed by atoms with van der Waals surface area (Å²) in [5.74, 6) is 1.66. The maximum atomic E-state index is 5.29. The monoisotopic (exact) mass is 156 g/mol. The summed E-state index contributed by atoms with van der Waals surface area (Å²) < 4.78 is 5.29. The average Bonchev–Trinajstić information content (AvgIpc) is 2.36. The van der Waals surface area contributed by atoms with E-state index in [2.05, 4.69) is 4.89 Å². The van der Waals surface area contributed by atoms with Crippen molar-refractivity contribution < 1.29 is 14.2 Å². The molecule has 1 rings (SSSR count). The Balaban J connectivity index is 2.60. The molecule has 0 radical (unpaired) electrons. The van der Waals surface area contributed by atoms with E-state index in [-0.39, 0.29) is 6.10 Å². The fourth-order valence-corrected chi connectivity index (χ4v) is 0.864. The molecule has 1 unspecified atom stereocenters. The van der Waals surface area contributed by atoms with Crippen molar-refractivity contribution in [1.82, 2.24) is 0 Å². The third kappa shape index (κ3) is 2.06. The molecule has 0 aliphatic heterocycles. The second kappa shape index (κ2) is 3.55. The van der Waals surface area contributed by atoms with Gasteiger partial charge in [-0.15, -0.1) is 0 Å². The van der Waals surface area contributed by atoms with Crippen LogP contribution in [-0.2, 0) is 9.78 Å². The van der Waals surface area contributed by atoms with Gasteiger partial charge in [0.15, 0.2) is 0 Å². The molecule has 0 bridgehead atoms. The minimum Gasteiger partial charge on any atom is -0.463 e. The van der Waals surface area contributed by atoms with Crippen LogP contribution in [0.1, 0.15) is 24.5 Å². The molecule has 0 saturated carbocycles. The van der Waals surface area contributed by atoms with Gasteiger partial charge in [-0.05, 0) is 26.0 Å². The molecular weight excluding hydrogens is 144 g/mol. The summed E-state index contributed by atoms with van der Waals surface area (Å²) in [5, 5.41) is 0. The van der Waals surface area contributed by atoms with Crippen LogP contribution in [0.25, 0.3) is 0 Å². The van der Waals surface area contributed by atoms with Crippen LogP contribution in [0.2, 0.25) is 0 Å². The lowest BCUT2D eigenvalue weighted by molar-refractivity contribution is -0.306. The first-order chi connectivity index (χ1) is 5.24. The minimum atomic E-state index is -0.145. The molecule has 0 saturated heterocycles. The maximum Gasteiger partial charge on any atom is 0.148 e. The zero-order valence-electron chi connectivity index (χ0n) is 6.96. The van der Waals surface area contributed by atoms with Gasteiger partial charge in [-0.2, -0.15) is 0 Å². The molecule has 0 spiro atoms. The van der Waals surface area contributed by atoms with E-state index in [4.69, 9.17) is 9.30 Å². The van der Waals surface area contributed by atoms with Crippen molar-refractivity contribution >= 4 is 0 Å². The zero-order chi connectivity index (χ0) is 8.27. The Morgan fingerprint density at radius 3 is 2.64 bits per heavy atom. The average molecular weight is 156 g/mol. The van der Waals surface area contributed by atoms with Crippen molar-refractivity contribution in [1.29, 1.82) is 0 Å². The van der Waals surface area contributed by atoms with Crippen molar-refractivity contribution in [2.45, 2.75) is 20.0 Å². The molecule has 3 heteroatoms. The van der Waals surface area contributed by atoms with Crippen molar-refractivity contribution in [3.05, 3.63) is 23.7 Å². The summed E-state index contributed by atoms with van der Waals surface area (Å²) in [6.07, 6.45) is -0.145.